The number of rotatable bonds is 8. The molecule has 0 aliphatic heterocycles. The van der Waals surface area contributed by atoms with Gasteiger partial charge in [-0.25, -0.2) is 9.48 Å². The Morgan fingerprint density at radius 1 is 1.45 bits per heavy atom. The fraction of sp³-hybridized carbons (Fsp3) is 0.700. The fourth-order valence-corrected chi connectivity index (χ4v) is 1.57. The highest BCUT2D eigenvalue weighted by atomic mass is 19.4. The first-order valence-electron chi connectivity index (χ1n) is 5.85. The Labute approximate surface area is 112 Å². The number of carboxylic acid groups (broad SMARTS) is 1. The van der Waals surface area contributed by atoms with Crippen LogP contribution in [-0.2, 0) is 17.7 Å². The molecule has 20 heavy (non-hydrogen) atoms. The van der Waals surface area contributed by atoms with E-state index in [2.05, 4.69) is 15.0 Å². The molecule has 1 aromatic heterocycles. The molecule has 0 saturated heterocycles. The van der Waals surface area contributed by atoms with Crippen LogP contribution in [0.5, 0.6) is 0 Å². The fourth-order valence-electron chi connectivity index (χ4n) is 1.57. The van der Waals surface area contributed by atoms with Gasteiger partial charge in [0.05, 0.1) is 5.69 Å². The summed E-state index contributed by atoms with van der Waals surface area (Å²) in [6, 6.07) is 0. The summed E-state index contributed by atoms with van der Waals surface area (Å²) < 4.78 is 41.3. The van der Waals surface area contributed by atoms with Crippen molar-refractivity contribution in [1.29, 1.82) is 0 Å². The normalized spacial score (nSPS) is 11.8. The molecular formula is C10H15F3N4O3. The zero-order valence-electron chi connectivity index (χ0n) is 10.6. The van der Waals surface area contributed by atoms with Crippen molar-refractivity contribution in [2.75, 3.05) is 19.8 Å². The second-order valence-corrected chi connectivity index (χ2v) is 3.97. The van der Waals surface area contributed by atoms with E-state index >= 15 is 0 Å². The van der Waals surface area contributed by atoms with Crippen molar-refractivity contribution in [2.45, 2.75) is 25.6 Å². The quantitative estimate of drug-likeness (QED) is 0.675. The molecule has 114 valence electrons. The number of aryl methyl sites for hydroxylation is 1. The van der Waals surface area contributed by atoms with Crippen LogP contribution in [0.3, 0.4) is 0 Å². The summed E-state index contributed by atoms with van der Waals surface area (Å²) in [7, 11) is 0. The molecule has 0 bridgehead atoms. The Kier molecular flexibility index (Phi) is 5.89. The smallest absolute Gasteiger partial charge is 0.411 e. The van der Waals surface area contributed by atoms with Crippen LogP contribution in [0.2, 0.25) is 0 Å². The monoisotopic (exact) mass is 296 g/mol. The lowest BCUT2D eigenvalue weighted by atomic mass is 10.2. The van der Waals surface area contributed by atoms with Crippen molar-refractivity contribution in [2.24, 2.45) is 5.73 Å². The maximum absolute atomic E-state index is 11.8. The number of hydrogen-bond acceptors (Lipinski definition) is 5. The van der Waals surface area contributed by atoms with Crippen LogP contribution in [-0.4, -0.2) is 52.0 Å². The first-order chi connectivity index (χ1) is 9.35. The average Bonchev–Trinajstić information content (AvgIpc) is 2.71. The number of aromatic nitrogens is 3. The van der Waals surface area contributed by atoms with Crippen molar-refractivity contribution >= 4 is 5.97 Å². The SMILES string of the molecule is NCCc1c(C(=O)O)nnn1CCCOCC(F)(F)F. The lowest BCUT2D eigenvalue weighted by Gasteiger charge is -2.08. The molecule has 0 spiro atoms. The van der Waals surface area contributed by atoms with Crippen LogP contribution in [0, 0.1) is 0 Å². The van der Waals surface area contributed by atoms with Gasteiger partial charge < -0.3 is 15.6 Å². The summed E-state index contributed by atoms with van der Waals surface area (Å²) in [5.74, 6) is -1.21. The summed E-state index contributed by atoms with van der Waals surface area (Å²) in [6.07, 6.45) is -3.82. The van der Waals surface area contributed by atoms with E-state index in [1.165, 1.54) is 4.68 Å². The minimum atomic E-state index is -4.35. The predicted molar refractivity (Wildman–Crippen MR) is 61.2 cm³/mol. The van der Waals surface area contributed by atoms with Gasteiger partial charge in [-0.2, -0.15) is 13.2 Å². The molecule has 1 aromatic rings. The van der Waals surface area contributed by atoms with E-state index in [-0.39, 0.29) is 38.2 Å². The van der Waals surface area contributed by atoms with Gasteiger partial charge in [0.15, 0.2) is 5.69 Å². The minimum absolute atomic E-state index is 0.107. The standard InChI is InChI=1S/C10H15F3N4O3/c11-10(12,13)6-20-5-1-4-17-7(2-3-14)8(9(18)19)15-16-17/h1-6,14H2,(H,18,19). The van der Waals surface area contributed by atoms with E-state index in [1.54, 1.807) is 0 Å². The number of alkyl halides is 3. The number of nitrogens with zero attached hydrogens (tertiary/aromatic N) is 3. The molecule has 7 nitrogen and oxygen atoms in total. The van der Waals surface area contributed by atoms with E-state index in [1.807, 2.05) is 0 Å². The third kappa shape index (κ3) is 5.13. The molecule has 0 fully saturated rings. The summed E-state index contributed by atoms with van der Waals surface area (Å²) in [5, 5.41) is 16.1. The second-order valence-electron chi connectivity index (χ2n) is 3.97. The lowest BCUT2D eigenvalue weighted by Crippen LogP contribution is -2.18. The molecule has 3 N–H and O–H groups in total. The van der Waals surface area contributed by atoms with Crippen molar-refractivity contribution < 1.29 is 27.8 Å². The zero-order chi connectivity index (χ0) is 15.2. The summed E-state index contributed by atoms with van der Waals surface area (Å²) in [4.78, 5) is 10.9. The molecule has 0 amide bonds. The number of nitrogens with two attached hydrogens (primary N) is 1. The van der Waals surface area contributed by atoms with Gasteiger partial charge in [0.2, 0.25) is 0 Å². The largest absolute Gasteiger partial charge is 0.476 e. The Balaban J connectivity index is 2.49. The molecule has 0 aliphatic rings. The van der Waals surface area contributed by atoms with Gasteiger partial charge in [-0.15, -0.1) is 5.10 Å². The van der Waals surface area contributed by atoms with E-state index in [0.29, 0.717) is 5.69 Å². The number of carbonyl (C=O) groups is 1. The number of aromatic carboxylic acids is 1. The van der Waals surface area contributed by atoms with E-state index in [4.69, 9.17) is 10.8 Å². The first-order valence-corrected chi connectivity index (χ1v) is 5.85. The maximum atomic E-state index is 11.8. The summed E-state index contributed by atoms with van der Waals surface area (Å²) in [5.41, 5.74) is 5.54. The van der Waals surface area contributed by atoms with Gasteiger partial charge in [0, 0.05) is 19.6 Å². The van der Waals surface area contributed by atoms with Crippen LogP contribution in [0.1, 0.15) is 22.6 Å². The molecule has 1 rings (SSSR count). The van der Waals surface area contributed by atoms with Crippen molar-refractivity contribution in [3.63, 3.8) is 0 Å². The second kappa shape index (κ2) is 7.20. The van der Waals surface area contributed by atoms with Crippen molar-refractivity contribution in [1.82, 2.24) is 15.0 Å². The van der Waals surface area contributed by atoms with Gasteiger partial charge in [-0.1, -0.05) is 5.21 Å². The number of halogens is 3. The average molecular weight is 296 g/mol. The van der Waals surface area contributed by atoms with Gasteiger partial charge in [0.25, 0.3) is 0 Å². The predicted octanol–water partition coefficient (Wildman–Crippen LogP) is 0.446. The van der Waals surface area contributed by atoms with E-state index in [0.717, 1.165) is 0 Å². The Morgan fingerprint density at radius 2 is 2.15 bits per heavy atom. The summed E-state index contributed by atoms with van der Waals surface area (Å²) >= 11 is 0. The number of hydrogen-bond donors (Lipinski definition) is 2. The van der Waals surface area contributed by atoms with Crippen LogP contribution in [0.15, 0.2) is 0 Å². The molecule has 0 radical (unpaired) electrons. The minimum Gasteiger partial charge on any atom is -0.476 e. The Hall–Kier alpha value is -1.68. The molecule has 0 atom stereocenters. The van der Waals surface area contributed by atoms with E-state index < -0.39 is 18.8 Å². The van der Waals surface area contributed by atoms with Crippen molar-refractivity contribution in [3.05, 3.63) is 11.4 Å². The molecule has 1 heterocycles. The lowest BCUT2D eigenvalue weighted by molar-refractivity contribution is -0.174. The highest BCUT2D eigenvalue weighted by Gasteiger charge is 2.27. The van der Waals surface area contributed by atoms with Crippen LogP contribution >= 0.6 is 0 Å². The highest BCUT2D eigenvalue weighted by Crippen LogP contribution is 2.14. The number of carboxylic acids is 1. The highest BCUT2D eigenvalue weighted by molar-refractivity contribution is 5.86. The van der Waals surface area contributed by atoms with Crippen LogP contribution in [0.25, 0.3) is 0 Å². The Morgan fingerprint density at radius 3 is 2.70 bits per heavy atom. The van der Waals surface area contributed by atoms with Gasteiger partial charge >= 0.3 is 12.1 Å². The topological polar surface area (TPSA) is 103 Å². The molecule has 0 aliphatic carbocycles. The van der Waals surface area contributed by atoms with Gasteiger partial charge in [0.1, 0.15) is 6.61 Å². The first kappa shape index (κ1) is 16.4. The molecular weight excluding hydrogens is 281 g/mol. The van der Waals surface area contributed by atoms with Gasteiger partial charge in [-0.05, 0) is 13.0 Å². The molecule has 0 aromatic carbocycles. The number of ether oxygens (including phenoxy) is 1. The third-order valence-corrected chi connectivity index (χ3v) is 2.35. The van der Waals surface area contributed by atoms with Crippen molar-refractivity contribution in [3.8, 4) is 0 Å². The maximum Gasteiger partial charge on any atom is 0.411 e. The molecule has 0 unspecified atom stereocenters. The van der Waals surface area contributed by atoms with Gasteiger partial charge in [-0.3, -0.25) is 0 Å². The van der Waals surface area contributed by atoms with Crippen LogP contribution in [0.4, 0.5) is 13.2 Å². The molecule has 10 heteroatoms. The summed E-state index contributed by atoms with van der Waals surface area (Å²) in [6.45, 7) is -0.976. The molecule has 0 saturated carbocycles. The zero-order valence-corrected chi connectivity index (χ0v) is 10.6. The third-order valence-electron chi connectivity index (χ3n) is 2.35. The van der Waals surface area contributed by atoms with Crippen LogP contribution < -0.4 is 5.73 Å². The Bertz CT molecular complexity index is 447. The van der Waals surface area contributed by atoms with E-state index in [9.17, 15) is 18.0 Å².